The van der Waals surface area contributed by atoms with Crippen LogP contribution in [0.1, 0.15) is 45.5 Å². The molecule has 0 saturated carbocycles. The molecule has 8 nitrogen and oxygen atoms in total. The van der Waals surface area contributed by atoms with E-state index in [1.165, 1.54) is 5.56 Å². The number of methoxy groups -OCH3 is 3. The first kappa shape index (κ1) is 29.3. The average molecular weight is 609 g/mol. The van der Waals surface area contributed by atoms with Gasteiger partial charge in [0.15, 0.2) is 23.0 Å². The molecule has 3 aliphatic heterocycles. The summed E-state index contributed by atoms with van der Waals surface area (Å²) in [5, 5.41) is 22.8. The first-order valence-electron chi connectivity index (χ1n) is 15.5. The molecule has 0 aliphatic carbocycles. The van der Waals surface area contributed by atoms with Gasteiger partial charge in [-0.15, -0.1) is 0 Å². The van der Waals surface area contributed by atoms with Gasteiger partial charge in [-0.1, -0.05) is 12.1 Å². The fourth-order valence-corrected chi connectivity index (χ4v) is 7.37. The van der Waals surface area contributed by atoms with Gasteiger partial charge in [-0.05, 0) is 110 Å². The SMILES string of the molecule is COc1cc2c3cc1Oc1c(O)c(OC)cc4c1[C@H](Cc1ccc(OC)c(c1)-c1cc(ccc1O)C[C@H]3N(C)CC2)N(C)CC4. The van der Waals surface area contributed by atoms with E-state index >= 15 is 0 Å². The lowest BCUT2D eigenvalue weighted by atomic mass is 9.86. The van der Waals surface area contributed by atoms with E-state index in [1.807, 2.05) is 18.2 Å². The number of ether oxygens (including phenoxy) is 4. The van der Waals surface area contributed by atoms with Crippen molar-refractivity contribution in [2.75, 3.05) is 48.5 Å². The molecule has 3 heterocycles. The molecule has 4 aromatic rings. The van der Waals surface area contributed by atoms with E-state index in [2.05, 4.69) is 54.2 Å². The van der Waals surface area contributed by atoms with E-state index in [0.717, 1.165) is 71.3 Å². The van der Waals surface area contributed by atoms with Crippen molar-refractivity contribution in [3.05, 3.63) is 88.0 Å². The Morgan fingerprint density at radius 2 is 1.31 bits per heavy atom. The summed E-state index contributed by atoms with van der Waals surface area (Å²) in [6, 6.07) is 18.1. The molecule has 2 atom stereocenters. The Morgan fingerprint density at radius 1 is 0.689 bits per heavy atom. The van der Waals surface area contributed by atoms with Crippen molar-refractivity contribution in [1.82, 2.24) is 9.80 Å². The molecule has 0 radical (unpaired) electrons. The van der Waals surface area contributed by atoms with Crippen LogP contribution in [0.2, 0.25) is 0 Å². The predicted octanol–water partition coefficient (Wildman–Crippen LogP) is 6.44. The summed E-state index contributed by atoms with van der Waals surface area (Å²) >= 11 is 0. The van der Waals surface area contributed by atoms with E-state index in [1.54, 1.807) is 27.4 Å². The molecule has 3 aliphatic rings. The highest BCUT2D eigenvalue weighted by Crippen LogP contribution is 2.51. The maximum atomic E-state index is 11.6. The van der Waals surface area contributed by atoms with E-state index in [4.69, 9.17) is 18.9 Å². The van der Waals surface area contributed by atoms with Crippen LogP contribution < -0.4 is 18.9 Å². The van der Waals surface area contributed by atoms with Crippen LogP contribution >= 0.6 is 0 Å². The lowest BCUT2D eigenvalue weighted by molar-refractivity contribution is 0.220. The molecular formula is C37H40N2O6. The molecule has 2 N–H and O–H groups in total. The van der Waals surface area contributed by atoms with E-state index in [-0.39, 0.29) is 23.6 Å². The Morgan fingerprint density at radius 3 is 2.04 bits per heavy atom. The standard InChI is InChI=1S/C37H40N2O6/c1-38-12-10-23-18-32(43-4)33-20-25(23)28(38)16-21-6-8-30(40)26(14-21)27-15-22(7-9-31(27)42-3)17-29-35-24(11-13-39(29)2)19-34(44-5)36(41)37(35)45-33/h6-9,14-15,18-20,28-29,40-41H,10-13,16-17H2,1-5H3/t28-,29+/m1/s1. The van der Waals surface area contributed by atoms with Crippen molar-refractivity contribution in [1.29, 1.82) is 0 Å². The van der Waals surface area contributed by atoms with Crippen LogP contribution in [0.5, 0.6) is 40.2 Å². The molecule has 0 amide bonds. The van der Waals surface area contributed by atoms with Gasteiger partial charge in [0.25, 0.3) is 0 Å². The molecule has 4 aromatic carbocycles. The third kappa shape index (κ3) is 5.02. The first-order valence-corrected chi connectivity index (χ1v) is 15.5. The van der Waals surface area contributed by atoms with E-state index in [9.17, 15) is 10.2 Å². The average Bonchev–Trinajstić information content (AvgIpc) is 3.05. The lowest BCUT2D eigenvalue weighted by Crippen LogP contribution is -2.34. The minimum Gasteiger partial charge on any atom is -0.507 e. The Labute approximate surface area is 264 Å². The smallest absolute Gasteiger partial charge is 0.201 e. The number of fused-ring (bicyclic) bond motifs is 6. The number of hydrogen-bond donors (Lipinski definition) is 2. The topological polar surface area (TPSA) is 83.9 Å². The van der Waals surface area contributed by atoms with Gasteiger partial charge in [-0.2, -0.15) is 0 Å². The van der Waals surface area contributed by atoms with Crippen LogP contribution in [0.4, 0.5) is 0 Å². The zero-order valence-corrected chi connectivity index (χ0v) is 26.5. The molecule has 0 unspecified atom stereocenters. The van der Waals surface area contributed by atoms with Crippen LogP contribution in [0, 0.1) is 0 Å². The highest BCUT2D eigenvalue weighted by molar-refractivity contribution is 5.77. The summed E-state index contributed by atoms with van der Waals surface area (Å²) in [4.78, 5) is 4.67. The first-order chi connectivity index (χ1) is 21.8. The Balaban J connectivity index is 1.52. The third-order valence-corrected chi connectivity index (χ3v) is 9.90. The molecule has 0 spiro atoms. The summed E-state index contributed by atoms with van der Waals surface area (Å²) in [5.41, 5.74) is 8.16. The number of hydrogen-bond acceptors (Lipinski definition) is 8. The number of phenolic OH excluding ortho intramolecular Hbond substituents is 2. The van der Waals surface area contributed by atoms with Crippen LogP contribution in [0.15, 0.2) is 54.6 Å². The van der Waals surface area contributed by atoms with Crippen LogP contribution in [-0.2, 0) is 25.7 Å². The van der Waals surface area contributed by atoms with Crippen molar-refractivity contribution >= 4 is 0 Å². The Bertz CT molecular complexity index is 1790. The molecular weight excluding hydrogens is 568 g/mol. The van der Waals surface area contributed by atoms with Crippen LogP contribution in [-0.4, -0.2) is 68.5 Å². The molecule has 0 saturated heterocycles. The van der Waals surface area contributed by atoms with Gasteiger partial charge in [0.1, 0.15) is 11.5 Å². The molecule has 8 heteroatoms. The predicted molar refractivity (Wildman–Crippen MR) is 173 cm³/mol. The van der Waals surface area contributed by atoms with Gasteiger partial charge in [-0.25, -0.2) is 0 Å². The van der Waals surface area contributed by atoms with Crippen LogP contribution in [0.25, 0.3) is 11.1 Å². The summed E-state index contributed by atoms with van der Waals surface area (Å²) < 4.78 is 24.1. The van der Waals surface area contributed by atoms with Gasteiger partial charge in [0.2, 0.25) is 5.75 Å². The number of likely N-dealkylation sites (N-methyl/N-ethyl adjacent to an activating group) is 2. The number of benzene rings is 4. The fourth-order valence-electron chi connectivity index (χ4n) is 7.37. The number of aromatic hydroxyl groups is 2. The number of rotatable bonds is 3. The number of nitrogens with zero attached hydrogens (tertiary/aromatic N) is 2. The van der Waals surface area contributed by atoms with Gasteiger partial charge >= 0.3 is 0 Å². The van der Waals surface area contributed by atoms with Gasteiger partial charge in [0.05, 0.1) is 21.3 Å². The largest absolute Gasteiger partial charge is 0.507 e. The maximum Gasteiger partial charge on any atom is 0.201 e. The third-order valence-electron chi connectivity index (χ3n) is 9.90. The molecule has 7 rings (SSSR count). The van der Waals surface area contributed by atoms with Crippen molar-refractivity contribution < 1.29 is 29.2 Å². The Hall–Kier alpha value is -4.40. The van der Waals surface area contributed by atoms with Crippen molar-refractivity contribution in [2.24, 2.45) is 0 Å². The minimum absolute atomic E-state index is 0.0265. The van der Waals surface area contributed by atoms with Crippen molar-refractivity contribution in [3.8, 4) is 51.4 Å². The van der Waals surface area contributed by atoms with Gasteiger partial charge in [0, 0.05) is 41.9 Å². The molecule has 0 fully saturated rings. The molecule has 0 aromatic heterocycles. The number of phenols is 2. The summed E-state index contributed by atoms with van der Waals surface area (Å²) in [6.45, 7) is 1.74. The van der Waals surface area contributed by atoms with Crippen molar-refractivity contribution in [3.63, 3.8) is 0 Å². The summed E-state index contributed by atoms with van der Waals surface area (Å²) in [7, 11) is 9.14. The quantitative estimate of drug-likeness (QED) is 0.275. The second kappa shape index (κ2) is 11.5. The van der Waals surface area contributed by atoms with E-state index in [0.29, 0.717) is 35.2 Å². The zero-order chi connectivity index (χ0) is 31.4. The fraction of sp³-hybridized carbons (Fsp3) is 0.351. The highest BCUT2D eigenvalue weighted by atomic mass is 16.5. The second-order valence-corrected chi connectivity index (χ2v) is 12.4. The molecule has 6 bridgehead atoms. The maximum absolute atomic E-state index is 11.6. The minimum atomic E-state index is -0.0999. The Kier molecular flexibility index (Phi) is 7.50. The highest BCUT2D eigenvalue weighted by Gasteiger charge is 2.34. The summed E-state index contributed by atoms with van der Waals surface area (Å²) in [6.07, 6.45) is 3.06. The molecule has 45 heavy (non-hydrogen) atoms. The summed E-state index contributed by atoms with van der Waals surface area (Å²) in [5.74, 6) is 2.85. The van der Waals surface area contributed by atoms with Crippen molar-refractivity contribution in [2.45, 2.75) is 37.8 Å². The van der Waals surface area contributed by atoms with Gasteiger partial charge < -0.3 is 29.2 Å². The monoisotopic (exact) mass is 608 g/mol. The molecule has 234 valence electrons. The normalized spacial score (nSPS) is 19.3. The van der Waals surface area contributed by atoms with Gasteiger partial charge in [-0.3, -0.25) is 9.80 Å². The second-order valence-electron chi connectivity index (χ2n) is 12.4. The van der Waals surface area contributed by atoms with Crippen LogP contribution in [0.3, 0.4) is 0 Å². The zero-order valence-electron chi connectivity index (χ0n) is 26.5. The van der Waals surface area contributed by atoms with E-state index < -0.39 is 0 Å². The lowest BCUT2D eigenvalue weighted by Gasteiger charge is -2.37.